The van der Waals surface area contributed by atoms with Crippen LogP contribution in [0.5, 0.6) is 0 Å². The van der Waals surface area contributed by atoms with Gasteiger partial charge in [-0.25, -0.2) is 4.98 Å². The molecule has 4 nitrogen and oxygen atoms in total. The number of nitrogens with one attached hydrogen (secondary N) is 1. The largest absolute Gasteiger partial charge is 0.366 e. The maximum absolute atomic E-state index is 11.1. The molecule has 0 unspecified atom stereocenters. The van der Waals surface area contributed by atoms with Crippen molar-refractivity contribution in [2.45, 2.75) is 26.2 Å². The molecule has 1 amide bonds. The van der Waals surface area contributed by atoms with Gasteiger partial charge in [-0.3, -0.25) is 4.79 Å². The highest BCUT2D eigenvalue weighted by Gasteiger charge is 2.12. The topological polar surface area (TPSA) is 68.0 Å². The molecule has 0 aliphatic carbocycles. The Balaban J connectivity index is 2.18. The molecule has 0 saturated heterocycles. The molecule has 0 radical (unpaired) electrons. The number of carbonyl (C=O) groups excluding carboxylic acids is 1. The van der Waals surface area contributed by atoms with Crippen molar-refractivity contribution in [3.05, 3.63) is 53.7 Å². The van der Waals surface area contributed by atoms with Crippen LogP contribution >= 0.6 is 0 Å². The number of pyridine rings is 1. The predicted octanol–water partition coefficient (Wildman–Crippen LogP) is 3.22. The van der Waals surface area contributed by atoms with E-state index in [1.165, 1.54) is 5.56 Å². The molecule has 0 aliphatic rings. The van der Waals surface area contributed by atoms with Gasteiger partial charge in [-0.05, 0) is 35.2 Å². The molecule has 0 bridgehead atoms. The lowest BCUT2D eigenvalue weighted by Crippen LogP contribution is -2.11. The van der Waals surface area contributed by atoms with E-state index in [0.29, 0.717) is 11.4 Å². The zero-order valence-electron chi connectivity index (χ0n) is 12.0. The summed E-state index contributed by atoms with van der Waals surface area (Å²) in [7, 11) is 0. The van der Waals surface area contributed by atoms with Crippen molar-refractivity contribution in [3.63, 3.8) is 0 Å². The summed E-state index contributed by atoms with van der Waals surface area (Å²) in [5.41, 5.74) is 8.00. The molecule has 0 fully saturated rings. The number of hydrogen-bond donors (Lipinski definition) is 2. The van der Waals surface area contributed by atoms with Crippen LogP contribution in [0.2, 0.25) is 0 Å². The van der Waals surface area contributed by atoms with Crippen LogP contribution in [0.25, 0.3) is 0 Å². The molecule has 0 saturated carbocycles. The highest BCUT2D eigenvalue weighted by molar-refractivity contribution is 5.93. The fourth-order valence-electron chi connectivity index (χ4n) is 1.85. The first-order valence-electron chi connectivity index (χ1n) is 6.50. The second-order valence-electron chi connectivity index (χ2n) is 5.75. The van der Waals surface area contributed by atoms with E-state index in [-0.39, 0.29) is 5.41 Å². The molecule has 4 heteroatoms. The van der Waals surface area contributed by atoms with E-state index in [1.54, 1.807) is 18.3 Å². The zero-order valence-corrected chi connectivity index (χ0v) is 12.0. The third kappa shape index (κ3) is 3.35. The minimum absolute atomic E-state index is 0.128. The molecule has 3 N–H and O–H groups in total. The Hall–Kier alpha value is -2.36. The molecule has 1 heterocycles. The highest BCUT2D eigenvalue weighted by Crippen LogP contribution is 2.24. The molecule has 0 aliphatic heterocycles. The quantitative estimate of drug-likeness (QED) is 0.899. The lowest BCUT2D eigenvalue weighted by atomic mass is 9.87. The van der Waals surface area contributed by atoms with E-state index >= 15 is 0 Å². The Morgan fingerprint density at radius 3 is 2.35 bits per heavy atom. The number of primary amides is 1. The molecule has 20 heavy (non-hydrogen) atoms. The molecule has 2 aromatic rings. The normalized spacial score (nSPS) is 11.2. The fraction of sp³-hybridized carbons (Fsp3) is 0.250. The second kappa shape index (κ2) is 5.33. The van der Waals surface area contributed by atoms with E-state index in [4.69, 9.17) is 5.73 Å². The highest BCUT2D eigenvalue weighted by atomic mass is 16.1. The lowest BCUT2D eigenvalue weighted by molar-refractivity contribution is 0.1000. The van der Waals surface area contributed by atoms with Gasteiger partial charge in [0.1, 0.15) is 5.82 Å². The summed E-state index contributed by atoms with van der Waals surface area (Å²) >= 11 is 0. The summed E-state index contributed by atoms with van der Waals surface area (Å²) in [6.07, 6.45) is 1.56. The van der Waals surface area contributed by atoms with Crippen molar-refractivity contribution >= 4 is 17.4 Å². The number of anilines is 2. The number of rotatable bonds is 3. The number of amides is 1. The Labute approximate surface area is 119 Å². The molecular formula is C16H19N3O. The summed E-state index contributed by atoms with van der Waals surface area (Å²) in [6, 6.07) is 11.4. The predicted molar refractivity (Wildman–Crippen MR) is 81.2 cm³/mol. The van der Waals surface area contributed by atoms with Crippen LogP contribution in [0.3, 0.4) is 0 Å². The van der Waals surface area contributed by atoms with Crippen LogP contribution in [-0.4, -0.2) is 10.9 Å². The number of carbonyl (C=O) groups is 1. The molecule has 2 rings (SSSR count). The first-order chi connectivity index (χ1) is 9.36. The Kier molecular flexibility index (Phi) is 3.74. The first-order valence-corrected chi connectivity index (χ1v) is 6.50. The first kappa shape index (κ1) is 14.1. The van der Waals surface area contributed by atoms with Gasteiger partial charge in [-0.15, -0.1) is 0 Å². The molecule has 104 valence electrons. The number of benzene rings is 1. The van der Waals surface area contributed by atoms with Crippen LogP contribution in [0.4, 0.5) is 11.5 Å². The summed E-state index contributed by atoms with van der Waals surface area (Å²) in [5.74, 6) is 0.142. The van der Waals surface area contributed by atoms with E-state index in [1.807, 2.05) is 12.1 Å². The van der Waals surface area contributed by atoms with E-state index < -0.39 is 5.91 Å². The SMILES string of the molecule is CC(C)(C)c1ccc(Nc2cc(C(N)=O)ccn2)cc1. The number of aromatic nitrogens is 1. The molecule has 1 aromatic heterocycles. The van der Waals surface area contributed by atoms with Crippen LogP contribution in [0.15, 0.2) is 42.6 Å². The Morgan fingerprint density at radius 1 is 1.15 bits per heavy atom. The number of nitrogens with two attached hydrogens (primary N) is 1. The van der Waals surface area contributed by atoms with Crippen LogP contribution < -0.4 is 11.1 Å². The summed E-state index contributed by atoms with van der Waals surface area (Å²) < 4.78 is 0. The van der Waals surface area contributed by atoms with Crippen LogP contribution in [0.1, 0.15) is 36.7 Å². The molecule has 1 aromatic carbocycles. The van der Waals surface area contributed by atoms with Crippen molar-refractivity contribution in [3.8, 4) is 0 Å². The molecule has 0 spiro atoms. The van der Waals surface area contributed by atoms with Crippen molar-refractivity contribution in [2.24, 2.45) is 5.73 Å². The van der Waals surface area contributed by atoms with Crippen molar-refractivity contribution < 1.29 is 4.79 Å². The summed E-state index contributed by atoms with van der Waals surface area (Å²) in [4.78, 5) is 15.3. The minimum atomic E-state index is -0.460. The van der Waals surface area contributed by atoms with Gasteiger partial charge in [0.2, 0.25) is 5.91 Å². The average Bonchev–Trinajstić information content (AvgIpc) is 2.38. The van der Waals surface area contributed by atoms with E-state index in [9.17, 15) is 4.79 Å². The summed E-state index contributed by atoms with van der Waals surface area (Å²) in [6.45, 7) is 6.52. The van der Waals surface area contributed by atoms with Gasteiger partial charge in [-0.2, -0.15) is 0 Å². The molecular weight excluding hydrogens is 250 g/mol. The van der Waals surface area contributed by atoms with Gasteiger partial charge >= 0.3 is 0 Å². The standard InChI is InChI=1S/C16H19N3O/c1-16(2,3)12-4-6-13(7-5-12)19-14-10-11(15(17)20)8-9-18-14/h4-10H,1-3H3,(H2,17,20)(H,18,19). The smallest absolute Gasteiger partial charge is 0.248 e. The van der Waals surface area contributed by atoms with Crippen LogP contribution in [0, 0.1) is 0 Å². The second-order valence-corrected chi connectivity index (χ2v) is 5.75. The minimum Gasteiger partial charge on any atom is -0.366 e. The van der Waals surface area contributed by atoms with Gasteiger partial charge in [-0.1, -0.05) is 32.9 Å². The maximum atomic E-state index is 11.1. The third-order valence-corrected chi connectivity index (χ3v) is 3.07. The molecule has 0 atom stereocenters. The monoisotopic (exact) mass is 269 g/mol. The maximum Gasteiger partial charge on any atom is 0.248 e. The number of hydrogen-bond acceptors (Lipinski definition) is 3. The Morgan fingerprint density at radius 2 is 1.80 bits per heavy atom. The lowest BCUT2D eigenvalue weighted by Gasteiger charge is -2.19. The third-order valence-electron chi connectivity index (χ3n) is 3.07. The Bertz CT molecular complexity index is 612. The zero-order chi connectivity index (χ0) is 14.8. The van der Waals surface area contributed by atoms with Gasteiger partial charge in [0.05, 0.1) is 0 Å². The van der Waals surface area contributed by atoms with Crippen molar-refractivity contribution in [2.75, 3.05) is 5.32 Å². The van der Waals surface area contributed by atoms with Crippen molar-refractivity contribution in [1.29, 1.82) is 0 Å². The van der Waals surface area contributed by atoms with E-state index in [2.05, 4.69) is 43.2 Å². The van der Waals surface area contributed by atoms with Gasteiger partial charge < -0.3 is 11.1 Å². The van der Waals surface area contributed by atoms with E-state index in [0.717, 1.165) is 5.69 Å². The van der Waals surface area contributed by atoms with Gasteiger partial charge in [0.15, 0.2) is 0 Å². The summed E-state index contributed by atoms with van der Waals surface area (Å²) in [5, 5.41) is 3.16. The van der Waals surface area contributed by atoms with Gasteiger partial charge in [0.25, 0.3) is 0 Å². The van der Waals surface area contributed by atoms with Gasteiger partial charge in [0, 0.05) is 17.4 Å². The van der Waals surface area contributed by atoms with Crippen molar-refractivity contribution in [1.82, 2.24) is 4.98 Å². The van der Waals surface area contributed by atoms with Crippen LogP contribution in [-0.2, 0) is 5.41 Å². The average molecular weight is 269 g/mol. The number of nitrogens with zero attached hydrogens (tertiary/aromatic N) is 1. The fourth-order valence-corrected chi connectivity index (χ4v) is 1.85.